The summed E-state index contributed by atoms with van der Waals surface area (Å²) in [5.74, 6) is 0. The van der Waals surface area contributed by atoms with Crippen LogP contribution in [0, 0.1) is 0 Å². The number of rotatable bonds is 0. The number of aromatic nitrogens is 2. The largest absolute Gasteiger partial charge is 0.235 e. The zero-order valence-corrected chi connectivity index (χ0v) is 6.99. The summed E-state index contributed by atoms with van der Waals surface area (Å²) in [7, 11) is 5.55. The molecular formula is C6H2BClN2S. The van der Waals surface area contributed by atoms with Gasteiger partial charge in [-0.3, -0.25) is 0 Å². The van der Waals surface area contributed by atoms with Crippen molar-refractivity contribution in [3.63, 3.8) is 0 Å². The van der Waals surface area contributed by atoms with Gasteiger partial charge in [0.05, 0.1) is 10.2 Å². The molecule has 0 aliphatic heterocycles. The van der Waals surface area contributed by atoms with Gasteiger partial charge in [-0.05, 0) is 10.8 Å². The molecule has 0 aliphatic carbocycles. The molecule has 0 aliphatic rings. The number of nitrogens with zero attached hydrogens (tertiary/aromatic N) is 2. The minimum Gasteiger partial charge on any atom is -0.235 e. The molecule has 0 saturated heterocycles. The third-order valence-electron chi connectivity index (χ3n) is 1.29. The lowest BCUT2D eigenvalue weighted by molar-refractivity contribution is 1.23. The molecule has 0 fully saturated rings. The van der Waals surface area contributed by atoms with E-state index in [1.807, 2.05) is 0 Å². The molecule has 0 spiro atoms. The highest BCUT2D eigenvalue weighted by molar-refractivity contribution is 7.26. The van der Waals surface area contributed by atoms with Crippen LogP contribution in [0.4, 0.5) is 0 Å². The average molecular weight is 180 g/mol. The summed E-state index contributed by atoms with van der Waals surface area (Å²) in [6.45, 7) is 0. The third-order valence-corrected chi connectivity index (χ3v) is 2.65. The maximum Gasteiger partial charge on any atom is 0.150 e. The van der Waals surface area contributed by atoms with Crippen LogP contribution >= 0.6 is 22.9 Å². The van der Waals surface area contributed by atoms with Crippen molar-refractivity contribution < 1.29 is 0 Å². The lowest BCUT2D eigenvalue weighted by Gasteiger charge is -1.87. The summed E-state index contributed by atoms with van der Waals surface area (Å²) in [6, 6.07) is 1.79. The Balaban J connectivity index is 2.90. The van der Waals surface area contributed by atoms with E-state index < -0.39 is 0 Å². The maximum absolute atomic E-state index is 5.77. The highest BCUT2D eigenvalue weighted by Gasteiger charge is 2.02. The smallest absolute Gasteiger partial charge is 0.150 e. The Kier molecular flexibility index (Phi) is 1.58. The van der Waals surface area contributed by atoms with Gasteiger partial charge in [-0.15, -0.1) is 11.3 Å². The maximum atomic E-state index is 5.77. The van der Waals surface area contributed by atoms with E-state index in [0.29, 0.717) is 9.93 Å². The molecule has 2 nitrogen and oxygen atoms in total. The van der Waals surface area contributed by atoms with Crippen LogP contribution in [0.5, 0.6) is 0 Å². The molecule has 0 aromatic carbocycles. The topological polar surface area (TPSA) is 25.8 Å². The molecule has 2 aromatic heterocycles. The molecule has 0 amide bonds. The van der Waals surface area contributed by atoms with Crippen molar-refractivity contribution in [3.05, 3.63) is 17.5 Å². The Morgan fingerprint density at radius 2 is 2.27 bits per heavy atom. The molecule has 2 radical (unpaired) electrons. The van der Waals surface area contributed by atoms with Gasteiger partial charge in [-0.25, -0.2) is 9.97 Å². The van der Waals surface area contributed by atoms with E-state index in [1.165, 1.54) is 17.7 Å². The first-order valence-corrected chi connectivity index (χ1v) is 4.12. The van der Waals surface area contributed by atoms with Crippen LogP contribution in [0.2, 0.25) is 5.15 Å². The number of halogens is 1. The van der Waals surface area contributed by atoms with E-state index in [1.54, 1.807) is 6.07 Å². The van der Waals surface area contributed by atoms with Gasteiger partial charge < -0.3 is 0 Å². The van der Waals surface area contributed by atoms with E-state index in [9.17, 15) is 0 Å². The molecule has 0 unspecified atom stereocenters. The highest BCUT2D eigenvalue weighted by atomic mass is 35.5. The number of thiophene rings is 1. The molecule has 52 valence electrons. The Hall–Kier alpha value is -0.605. The minimum absolute atomic E-state index is 0.469. The van der Waals surface area contributed by atoms with Crippen molar-refractivity contribution in [2.45, 2.75) is 0 Å². The first-order valence-electron chi connectivity index (χ1n) is 2.93. The summed E-state index contributed by atoms with van der Waals surface area (Å²) in [5.41, 5.74) is 0.813. The monoisotopic (exact) mass is 180 g/mol. The van der Waals surface area contributed by atoms with E-state index in [-0.39, 0.29) is 0 Å². The molecule has 5 heteroatoms. The van der Waals surface area contributed by atoms with E-state index >= 15 is 0 Å². The van der Waals surface area contributed by atoms with Gasteiger partial charge in [-0.2, -0.15) is 0 Å². The molecule has 0 atom stereocenters. The van der Waals surface area contributed by atoms with Gasteiger partial charge in [-0.1, -0.05) is 11.6 Å². The Labute approximate surface area is 73.6 Å². The van der Waals surface area contributed by atoms with Crippen molar-refractivity contribution in [3.8, 4) is 0 Å². The van der Waals surface area contributed by atoms with Crippen LogP contribution in [0.25, 0.3) is 10.2 Å². The van der Waals surface area contributed by atoms with E-state index in [4.69, 9.17) is 19.4 Å². The Bertz CT molecular complexity index is 400. The second-order valence-electron chi connectivity index (χ2n) is 2.03. The molecule has 11 heavy (non-hydrogen) atoms. The average Bonchev–Trinajstić information content (AvgIpc) is 2.31. The molecule has 0 bridgehead atoms. The SMILES string of the molecule is [B]c1cc2ncnc(Cl)c2s1. The third kappa shape index (κ3) is 1.12. The van der Waals surface area contributed by atoms with Gasteiger partial charge in [0.1, 0.15) is 19.3 Å². The fourth-order valence-electron chi connectivity index (χ4n) is 0.844. The van der Waals surface area contributed by atoms with E-state index in [0.717, 1.165) is 10.2 Å². The molecule has 0 saturated carbocycles. The number of fused-ring (bicyclic) bond motifs is 1. The molecule has 2 aromatic rings. The lowest BCUT2D eigenvalue weighted by Crippen LogP contribution is -1.89. The normalized spacial score (nSPS) is 10.6. The van der Waals surface area contributed by atoms with Crippen molar-refractivity contribution in [1.82, 2.24) is 9.97 Å². The van der Waals surface area contributed by atoms with Crippen LogP contribution in [0.15, 0.2) is 12.4 Å². The quantitative estimate of drug-likeness (QED) is 0.449. The Morgan fingerprint density at radius 3 is 3.00 bits per heavy atom. The molecular weight excluding hydrogens is 178 g/mol. The van der Waals surface area contributed by atoms with Gasteiger partial charge in [0.15, 0.2) is 0 Å². The van der Waals surface area contributed by atoms with Crippen molar-refractivity contribution in [1.29, 1.82) is 0 Å². The van der Waals surface area contributed by atoms with Crippen molar-refractivity contribution in [2.24, 2.45) is 0 Å². The predicted octanol–water partition coefficient (Wildman–Crippen LogP) is 1.14. The van der Waals surface area contributed by atoms with Gasteiger partial charge in [0.25, 0.3) is 0 Å². The highest BCUT2D eigenvalue weighted by Crippen LogP contribution is 2.22. The zero-order chi connectivity index (χ0) is 7.84. The number of hydrogen-bond acceptors (Lipinski definition) is 3. The van der Waals surface area contributed by atoms with Crippen LogP contribution in [-0.2, 0) is 0 Å². The molecule has 2 rings (SSSR count). The van der Waals surface area contributed by atoms with Crippen LogP contribution in [0.1, 0.15) is 0 Å². The molecule has 2 heterocycles. The summed E-state index contributed by atoms with van der Waals surface area (Å²) in [4.78, 5) is 7.83. The van der Waals surface area contributed by atoms with Crippen molar-refractivity contribution >= 4 is 45.8 Å². The first-order chi connectivity index (χ1) is 5.27. The zero-order valence-electron chi connectivity index (χ0n) is 5.41. The lowest BCUT2D eigenvalue weighted by atomic mass is 10.1. The summed E-state index contributed by atoms with van der Waals surface area (Å²) in [5, 5.41) is 0.469. The van der Waals surface area contributed by atoms with Gasteiger partial charge >= 0.3 is 0 Å². The first kappa shape index (κ1) is 7.07. The Morgan fingerprint density at radius 1 is 1.45 bits per heavy atom. The van der Waals surface area contributed by atoms with Crippen LogP contribution in [0.3, 0.4) is 0 Å². The second kappa shape index (κ2) is 2.46. The van der Waals surface area contributed by atoms with Crippen LogP contribution in [-0.4, -0.2) is 17.8 Å². The summed E-state index contributed by atoms with van der Waals surface area (Å²) < 4.78 is 1.56. The standard InChI is InChI=1S/C6H2BClN2S/c7-4-1-3-5(11-4)6(8)10-2-9-3/h1-2H. The fraction of sp³-hybridized carbons (Fsp3) is 0. The minimum atomic E-state index is 0.469. The van der Waals surface area contributed by atoms with E-state index in [2.05, 4.69) is 9.97 Å². The second-order valence-corrected chi connectivity index (χ2v) is 3.47. The fourth-order valence-corrected chi connectivity index (χ4v) is 1.86. The van der Waals surface area contributed by atoms with Gasteiger partial charge in [0, 0.05) is 0 Å². The predicted molar refractivity (Wildman–Crippen MR) is 47.8 cm³/mol. The molecule has 0 N–H and O–H groups in total. The van der Waals surface area contributed by atoms with Gasteiger partial charge in [0.2, 0.25) is 0 Å². The summed E-state index contributed by atoms with van der Waals surface area (Å²) in [6.07, 6.45) is 1.43. The van der Waals surface area contributed by atoms with Crippen LogP contribution < -0.4 is 4.78 Å². The summed E-state index contributed by atoms with van der Waals surface area (Å²) >= 11 is 7.17. The van der Waals surface area contributed by atoms with Crippen molar-refractivity contribution in [2.75, 3.05) is 0 Å². The number of hydrogen-bond donors (Lipinski definition) is 0.